The first-order valence-corrected chi connectivity index (χ1v) is 9.35. The summed E-state index contributed by atoms with van der Waals surface area (Å²) in [7, 11) is -2.69. The van der Waals surface area contributed by atoms with Crippen molar-refractivity contribution in [2.75, 3.05) is 0 Å². The van der Waals surface area contributed by atoms with Crippen LogP contribution in [0.25, 0.3) is 21.8 Å². The van der Waals surface area contributed by atoms with E-state index in [2.05, 4.69) is 14.9 Å². The molecular formula is C17H20N4O2S. The predicted molar refractivity (Wildman–Crippen MR) is 94.5 cm³/mol. The quantitative estimate of drug-likeness (QED) is 0.637. The lowest BCUT2D eigenvalue weighted by Gasteiger charge is -2.29. The van der Waals surface area contributed by atoms with Crippen molar-refractivity contribution in [3.05, 3.63) is 35.2 Å². The van der Waals surface area contributed by atoms with Crippen molar-refractivity contribution < 1.29 is 8.42 Å². The molecular weight excluding hydrogens is 324 g/mol. The monoisotopic (exact) mass is 344 g/mol. The lowest BCUT2D eigenvalue weighted by atomic mass is 9.83. The maximum atomic E-state index is 11.2. The molecule has 6 nitrogen and oxygen atoms in total. The molecule has 1 aromatic carbocycles. The summed E-state index contributed by atoms with van der Waals surface area (Å²) in [6.45, 7) is 3.75. The molecule has 0 spiro atoms. The van der Waals surface area contributed by atoms with Crippen LogP contribution in [0.15, 0.2) is 18.3 Å². The zero-order valence-corrected chi connectivity index (χ0v) is 14.6. The fourth-order valence-corrected chi connectivity index (χ4v) is 4.41. The highest BCUT2D eigenvalue weighted by Gasteiger charge is 2.30. The van der Waals surface area contributed by atoms with E-state index in [4.69, 9.17) is 4.98 Å². The number of aromatic amines is 1. The number of hydrogen-bond acceptors (Lipinski definition) is 4. The third-order valence-corrected chi connectivity index (χ3v) is 5.59. The number of nitrogens with one attached hydrogen (secondary N) is 2. The first-order valence-electron chi connectivity index (χ1n) is 8.17. The lowest BCUT2D eigenvalue weighted by molar-refractivity contribution is 0.462. The number of hydrogen-bond donors (Lipinski definition) is 3. The predicted octanol–water partition coefficient (Wildman–Crippen LogP) is 2.34. The van der Waals surface area contributed by atoms with E-state index in [0.717, 1.165) is 53.2 Å². The van der Waals surface area contributed by atoms with Gasteiger partial charge in [-0.3, -0.25) is 10.1 Å². The minimum absolute atomic E-state index is 0.726. The largest absolute Gasteiger partial charge is 0.278 e. The first kappa shape index (κ1) is 15.5. The van der Waals surface area contributed by atoms with Crippen molar-refractivity contribution in [2.45, 2.75) is 45.1 Å². The normalized spacial score (nSPS) is 15.3. The van der Waals surface area contributed by atoms with Crippen molar-refractivity contribution in [3.8, 4) is 0 Å². The molecule has 4 rings (SSSR count). The van der Waals surface area contributed by atoms with Gasteiger partial charge in [-0.25, -0.2) is 13.1 Å². The van der Waals surface area contributed by atoms with Gasteiger partial charge in [-0.15, -0.1) is 0 Å². The molecule has 0 bridgehead atoms. The Morgan fingerprint density at radius 2 is 1.92 bits per heavy atom. The van der Waals surface area contributed by atoms with Gasteiger partial charge >= 0.3 is 0 Å². The SMILES string of the molecule is CC(C)(N[SH](=O)=O)c1nc2ccc3[nH]ncc3c2c2c1CCCC2. The number of nitrogens with zero attached hydrogens (tertiary/aromatic N) is 2. The second-order valence-electron chi connectivity index (χ2n) is 6.91. The van der Waals surface area contributed by atoms with Crippen molar-refractivity contribution in [3.63, 3.8) is 0 Å². The van der Waals surface area contributed by atoms with Crippen molar-refractivity contribution in [1.29, 1.82) is 0 Å². The Morgan fingerprint density at radius 1 is 1.17 bits per heavy atom. The molecule has 1 aliphatic carbocycles. The highest BCUT2D eigenvalue weighted by Crippen LogP contribution is 2.37. The molecule has 0 amide bonds. The number of rotatable bonds is 3. The molecule has 2 N–H and O–H groups in total. The Hall–Kier alpha value is -1.99. The van der Waals surface area contributed by atoms with Crippen LogP contribution in [0.5, 0.6) is 0 Å². The van der Waals surface area contributed by atoms with Gasteiger partial charge in [0.2, 0.25) is 10.9 Å². The Labute approximate surface area is 141 Å². The molecule has 0 saturated heterocycles. The van der Waals surface area contributed by atoms with E-state index < -0.39 is 16.4 Å². The van der Waals surface area contributed by atoms with Gasteiger partial charge in [0.25, 0.3) is 0 Å². The van der Waals surface area contributed by atoms with E-state index in [-0.39, 0.29) is 0 Å². The molecule has 2 aromatic heterocycles. The van der Waals surface area contributed by atoms with Gasteiger partial charge < -0.3 is 0 Å². The second-order valence-corrected chi connectivity index (χ2v) is 7.65. The number of H-pyrrole nitrogens is 1. The van der Waals surface area contributed by atoms with Crippen LogP contribution in [-0.2, 0) is 29.3 Å². The van der Waals surface area contributed by atoms with Crippen LogP contribution in [0.4, 0.5) is 0 Å². The summed E-state index contributed by atoms with van der Waals surface area (Å²) in [5, 5.41) is 9.43. The maximum absolute atomic E-state index is 11.2. The van der Waals surface area contributed by atoms with Crippen LogP contribution in [-0.4, -0.2) is 23.6 Å². The highest BCUT2D eigenvalue weighted by atomic mass is 32.2. The van der Waals surface area contributed by atoms with Crippen LogP contribution in [0.3, 0.4) is 0 Å². The first-order chi connectivity index (χ1) is 11.5. The average molecular weight is 344 g/mol. The fourth-order valence-electron chi connectivity index (χ4n) is 3.84. The molecule has 2 heterocycles. The van der Waals surface area contributed by atoms with E-state index >= 15 is 0 Å². The number of thiol groups is 1. The van der Waals surface area contributed by atoms with E-state index in [1.54, 1.807) is 0 Å². The lowest BCUT2D eigenvalue weighted by Crippen LogP contribution is -2.37. The molecule has 126 valence electrons. The maximum Gasteiger partial charge on any atom is 0.202 e. The molecule has 3 aromatic rings. The standard InChI is InChI=1S/C17H20N4O2S/c1-17(2,21-24(22)23)16-11-6-4-3-5-10(11)15-12-9-18-20-13(12)7-8-14(15)19-16/h7-9,24H,3-6H2,1-2H3,(H,18,20)(H,21,22,23). The van der Waals surface area contributed by atoms with Crippen LogP contribution >= 0.6 is 0 Å². The van der Waals surface area contributed by atoms with Crippen molar-refractivity contribution >= 4 is 32.7 Å². The summed E-state index contributed by atoms with van der Waals surface area (Å²) in [6, 6.07) is 3.96. The minimum atomic E-state index is -2.69. The van der Waals surface area contributed by atoms with Gasteiger partial charge in [-0.2, -0.15) is 5.10 Å². The second kappa shape index (κ2) is 5.53. The number of fused-ring (bicyclic) bond motifs is 5. The summed E-state index contributed by atoms with van der Waals surface area (Å²) in [6.07, 6.45) is 6.03. The van der Waals surface area contributed by atoms with Crippen LogP contribution in [0.1, 0.15) is 43.5 Å². The van der Waals surface area contributed by atoms with E-state index in [9.17, 15) is 8.42 Å². The van der Waals surface area contributed by atoms with Gasteiger partial charge in [-0.05, 0) is 62.8 Å². The third kappa shape index (κ3) is 2.39. The van der Waals surface area contributed by atoms with Crippen molar-refractivity contribution in [2.24, 2.45) is 0 Å². The topological polar surface area (TPSA) is 87.7 Å². The summed E-state index contributed by atoms with van der Waals surface area (Å²) in [4.78, 5) is 4.87. The van der Waals surface area contributed by atoms with Crippen LogP contribution in [0.2, 0.25) is 0 Å². The number of pyridine rings is 1. The number of benzene rings is 1. The summed E-state index contributed by atoms with van der Waals surface area (Å²) >= 11 is 0. The van der Waals surface area contributed by atoms with Crippen LogP contribution < -0.4 is 4.72 Å². The summed E-state index contributed by atoms with van der Waals surface area (Å²) in [5.41, 5.74) is 4.50. The van der Waals surface area contributed by atoms with Crippen molar-refractivity contribution in [1.82, 2.24) is 19.9 Å². The minimum Gasteiger partial charge on any atom is -0.278 e. The number of aryl methyl sites for hydroxylation is 1. The van der Waals surface area contributed by atoms with Gasteiger partial charge in [0.15, 0.2) is 0 Å². The molecule has 0 unspecified atom stereocenters. The van der Waals surface area contributed by atoms with Gasteiger partial charge in [-0.1, -0.05) is 0 Å². The molecule has 0 radical (unpaired) electrons. The van der Waals surface area contributed by atoms with Gasteiger partial charge in [0, 0.05) is 10.8 Å². The van der Waals surface area contributed by atoms with Gasteiger partial charge in [0.1, 0.15) is 0 Å². The van der Waals surface area contributed by atoms with Gasteiger partial charge in [0.05, 0.1) is 28.5 Å². The molecule has 0 aliphatic heterocycles. The summed E-state index contributed by atoms with van der Waals surface area (Å²) in [5.74, 6) is 0. The Kier molecular flexibility index (Phi) is 3.58. The Morgan fingerprint density at radius 3 is 2.67 bits per heavy atom. The van der Waals surface area contributed by atoms with E-state index in [0.29, 0.717) is 0 Å². The average Bonchev–Trinajstić information content (AvgIpc) is 3.01. The highest BCUT2D eigenvalue weighted by molar-refractivity contribution is 7.70. The molecule has 1 aliphatic rings. The van der Waals surface area contributed by atoms with E-state index in [1.807, 2.05) is 32.2 Å². The zero-order chi connectivity index (χ0) is 16.9. The third-order valence-electron chi connectivity index (χ3n) is 4.85. The van der Waals surface area contributed by atoms with E-state index in [1.165, 1.54) is 11.1 Å². The zero-order valence-electron chi connectivity index (χ0n) is 13.7. The van der Waals surface area contributed by atoms with Crippen LogP contribution in [0, 0.1) is 0 Å². The molecule has 24 heavy (non-hydrogen) atoms. The fraction of sp³-hybridized carbons (Fsp3) is 0.412. The number of aromatic nitrogens is 3. The Bertz CT molecular complexity index is 1010. The molecule has 7 heteroatoms. The summed E-state index contributed by atoms with van der Waals surface area (Å²) < 4.78 is 25.1. The Balaban J connectivity index is 2.07. The smallest absolute Gasteiger partial charge is 0.202 e. The molecule has 0 saturated carbocycles. The molecule has 0 atom stereocenters. The molecule has 0 fully saturated rings.